The number of benzene rings is 1. The number of rotatable bonds is 1. The molecule has 0 unspecified atom stereocenters. The van der Waals surface area contributed by atoms with E-state index in [-0.39, 0.29) is 0 Å². The van der Waals surface area contributed by atoms with Crippen molar-refractivity contribution in [3.05, 3.63) is 35.9 Å². The maximum absolute atomic E-state index is 11.3. The standard InChI is InChI=1S/C11H10O4/c1-7-9(12)14-11(15-10(7)13)8-5-3-2-4-6-8/h2-7,11H,1H3. The molecule has 1 aliphatic heterocycles. The van der Waals surface area contributed by atoms with Gasteiger partial charge in [-0.15, -0.1) is 0 Å². The van der Waals surface area contributed by atoms with Gasteiger partial charge in [-0.25, -0.2) is 0 Å². The first kappa shape index (κ1) is 9.71. The van der Waals surface area contributed by atoms with Crippen LogP contribution in [0.25, 0.3) is 0 Å². The van der Waals surface area contributed by atoms with Gasteiger partial charge in [-0.2, -0.15) is 0 Å². The van der Waals surface area contributed by atoms with E-state index in [1.807, 2.05) is 6.07 Å². The first-order valence-electron chi connectivity index (χ1n) is 4.64. The molecule has 0 atom stereocenters. The van der Waals surface area contributed by atoms with Crippen LogP contribution in [0.2, 0.25) is 0 Å². The van der Waals surface area contributed by atoms with E-state index >= 15 is 0 Å². The van der Waals surface area contributed by atoms with Gasteiger partial charge in [-0.1, -0.05) is 30.3 Å². The highest BCUT2D eigenvalue weighted by Gasteiger charge is 2.36. The minimum Gasteiger partial charge on any atom is -0.420 e. The molecule has 4 heteroatoms. The zero-order valence-electron chi connectivity index (χ0n) is 8.17. The largest absolute Gasteiger partial charge is 0.420 e. The SMILES string of the molecule is CC1C(=O)OC(c2ccccc2)OC1=O. The van der Waals surface area contributed by atoms with Crippen LogP contribution >= 0.6 is 0 Å². The number of ether oxygens (including phenoxy) is 2. The predicted molar refractivity (Wildman–Crippen MR) is 50.5 cm³/mol. The van der Waals surface area contributed by atoms with Crippen LogP contribution in [0.1, 0.15) is 18.8 Å². The smallest absolute Gasteiger partial charge is 0.323 e. The maximum atomic E-state index is 11.3. The van der Waals surface area contributed by atoms with Crippen molar-refractivity contribution in [3.8, 4) is 0 Å². The quantitative estimate of drug-likeness (QED) is 0.515. The normalized spacial score (nSPS) is 25.7. The highest BCUT2D eigenvalue weighted by molar-refractivity contribution is 5.95. The van der Waals surface area contributed by atoms with Crippen molar-refractivity contribution in [2.75, 3.05) is 0 Å². The summed E-state index contributed by atoms with van der Waals surface area (Å²) in [7, 11) is 0. The van der Waals surface area contributed by atoms with Crippen LogP contribution < -0.4 is 0 Å². The molecule has 1 aromatic carbocycles. The van der Waals surface area contributed by atoms with Gasteiger partial charge in [0.15, 0.2) is 5.92 Å². The lowest BCUT2D eigenvalue weighted by atomic mass is 10.1. The fourth-order valence-electron chi connectivity index (χ4n) is 1.28. The molecule has 0 aliphatic carbocycles. The Balaban J connectivity index is 2.20. The zero-order valence-corrected chi connectivity index (χ0v) is 8.17. The van der Waals surface area contributed by atoms with Gasteiger partial charge in [0.05, 0.1) is 0 Å². The Bertz CT molecular complexity index is 367. The van der Waals surface area contributed by atoms with Crippen molar-refractivity contribution >= 4 is 11.9 Å². The van der Waals surface area contributed by atoms with Crippen LogP contribution in [0.5, 0.6) is 0 Å². The Morgan fingerprint density at radius 2 is 1.53 bits per heavy atom. The second kappa shape index (κ2) is 3.73. The Hall–Kier alpha value is -1.84. The van der Waals surface area contributed by atoms with Gasteiger partial charge in [-0.3, -0.25) is 9.59 Å². The molecule has 0 amide bonds. The Kier molecular flexibility index (Phi) is 2.41. The van der Waals surface area contributed by atoms with Crippen molar-refractivity contribution in [3.63, 3.8) is 0 Å². The molecule has 0 N–H and O–H groups in total. The summed E-state index contributed by atoms with van der Waals surface area (Å²) in [5, 5.41) is 0. The fourth-order valence-corrected chi connectivity index (χ4v) is 1.28. The van der Waals surface area contributed by atoms with E-state index in [9.17, 15) is 9.59 Å². The summed E-state index contributed by atoms with van der Waals surface area (Å²) in [4.78, 5) is 22.5. The van der Waals surface area contributed by atoms with Gasteiger partial charge in [0.2, 0.25) is 0 Å². The zero-order chi connectivity index (χ0) is 10.8. The van der Waals surface area contributed by atoms with E-state index in [2.05, 4.69) is 0 Å². The molecule has 1 heterocycles. The van der Waals surface area contributed by atoms with E-state index in [1.165, 1.54) is 6.92 Å². The highest BCUT2D eigenvalue weighted by atomic mass is 16.7. The molecule has 1 aromatic rings. The van der Waals surface area contributed by atoms with E-state index in [0.717, 1.165) is 0 Å². The lowest BCUT2D eigenvalue weighted by Gasteiger charge is -2.25. The van der Waals surface area contributed by atoms with E-state index in [0.29, 0.717) is 5.56 Å². The Labute approximate surface area is 86.8 Å². The molecular weight excluding hydrogens is 196 g/mol. The summed E-state index contributed by atoms with van der Waals surface area (Å²) in [5.41, 5.74) is 0.658. The first-order valence-corrected chi connectivity index (χ1v) is 4.64. The van der Waals surface area contributed by atoms with Crippen molar-refractivity contribution in [1.29, 1.82) is 0 Å². The van der Waals surface area contributed by atoms with Crippen molar-refractivity contribution in [2.45, 2.75) is 13.2 Å². The second-order valence-electron chi connectivity index (χ2n) is 3.34. The summed E-state index contributed by atoms with van der Waals surface area (Å²) in [6.07, 6.45) is -0.901. The van der Waals surface area contributed by atoms with Crippen molar-refractivity contribution in [2.24, 2.45) is 5.92 Å². The summed E-state index contributed by atoms with van der Waals surface area (Å²) >= 11 is 0. The van der Waals surface area contributed by atoms with Crippen LogP contribution in [0.3, 0.4) is 0 Å². The molecule has 15 heavy (non-hydrogen) atoms. The second-order valence-corrected chi connectivity index (χ2v) is 3.34. The van der Waals surface area contributed by atoms with Crippen molar-refractivity contribution in [1.82, 2.24) is 0 Å². The Morgan fingerprint density at radius 3 is 2.07 bits per heavy atom. The molecule has 0 saturated carbocycles. The van der Waals surface area contributed by atoms with Gasteiger partial charge in [0.1, 0.15) is 0 Å². The van der Waals surface area contributed by atoms with Crippen LogP contribution in [-0.4, -0.2) is 11.9 Å². The van der Waals surface area contributed by atoms with Crippen molar-refractivity contribution < 1.29 is 19.1 Å². The fraction of sp³-hybridized carbons (Fsp3) is 0.273. The van der Waals surface area contributed by atoms with Crippen LogP contribution in [0.4, 0.5) is 0 Å². The lowest BCUT2D eigenvalue weighted by Crippen LogP contribution is -2.34. The third-order valence-electron chi connectivity index (χ3n) is 2.23. The summed E-state index contributed by atoms with van der Waals surface area (Å²) in [6.45, 7) is 1.46. The van der Waals surface area contributed by atoms with Crippen LogP contribution in [0.15, 0.2) is 30.3 Å². The number of hydrogen-bond donors (Lipinski definition) is 0. The number of carbonyl (C=O) groups is 2. The number of esters is 2. The first-order chi connectivity index (χ1) is 7.18. The molecule has 0 aromatic heterocycles. The highest BCUT2D eigenvalue weighted by Crippen LogP contribution is 2.26. The maximum Gasteiger partial charge on any atom is 0.323 e. The molecule has 0 radical (unpaired) electrons. The van der Waals surface area contributed by atoms with Gasteiger partial charge in [-0.05, 0) is 6.92 Å². The van der Waals surface area contributed by atoms with E-state index < -0.39 is 24.1 Å². The lowest BCUT2D eigenvalue weighted by molar-refractivity contribution is -0.212. The third-order valence-corrected chi connectivity index (χ3v) is 2.23. The number of hydrogen-bond acceptors (Lipinski definition) is 4. The average Bonchev–Trinajstić information content (AvgIpc) is 2.26. The summed E-state index contributed by atoms with van der Waals surface area (Å²) in [5.74, 6) is -1.91. The summed E-state index contributed by atoms with van der Waals surface area (Å²) in [6, 6.07) is 8.88. The third kappa shape index (κ3) is 1.83. The predicted octanol–water partition coefficient (Wildman–Crippen LogP) is 1.42. The molecule has 1 saturated heterocycles. The summed E-state index contributed by atoms with van der Waals surface area (Å²) < 4.78 is 9.95. The molecular formula is C11H10O4. The minimum atomic E-state index is -0.901. The van der Waals surface area contributed by atoms with E-state index in [4.69, 9.17) is 9.47 Å². The monoisotopic (exact) mass is 206 g/mol. The van der Waals surface area contributed by atoms with Gasteiger partial charge >= 0.3 is 11.9 Å². The molecule has 1 aliphatic rings. The van der Waals surface area contributed by atoms with Crippen LogP contribution in [-0.2, 0) is 19.1 Å². The molecule has 0 bridgehead atoms. The number of cyclic esters (lactones) is 2. The minimum absolute atomic E-state index is 0.542. The Morgan fingerprint density at radius 1 is 1.00 bits per heavy atom. The molecule has 78 valence electrons. The van der Waals surface area contributed by atoms with E-state index in [1.54, 1.807) is 24.3 Å². The van der Waals surface area contributed by atoms with Gasteiger partial charge in [0, 0.05) is 5.56 Å². The molecule has 4 nitrogen and oxygen atoms in total. The molecule has 2 rings (SSSR count). The molecule has 0 spiro atoms. The molecule has 1 fully saturated rings. The van der Waals surface area contributed by atoms with Gasteiger partial charge in [0.25, 0.3) is 6.29 Å². The van der Waals surface area contributed by atoms with Gasteiger partial charge < -0.3 is 9.47 Å². The average molecular weight is 206 g/mol. The van der Waals surface area contributed by atoms with Crippen LogP contribution in [0, 0.1) is 5.92 Å². The topological polar surface area (TPSA) is 52.6 Å². The number of carbonyl (C=O) groups excluding carboxylic acids is 2.